The number of aliphatic imine (C=N–C) groups is 1. The molecule has 1 rings (SSSR count). The van der Waals surface area contributed by atoms with Crippen LogP contribution in [0.1, 0.15) is 27.2 Å². The maximum Gasteiger partial charge on any atom is 0.208 e. The molecular weight excluding hydrogens is 202 g/mol. The second kappa shape index (κ2) is 6.70. The molecule has 1 fully saturated rings. The summed E-state index contributed by atoms with van der Waals surface area (Å²) in [7, 11) is 0. The van der Waals surface area contributed by atoms with E-state index in [-0.39, 0.29) is 0 Å². The number of nitrogens with one attached hydrogen (secondary N) is 1. The minimum Gasteiger partial charge on any atom is -0.340 e. The molecule has 1 heterocycles. The van der Waals surface area contributed by atoms with Crippen LogP contribution in [0.3, 0.4) is 0 Å². The summed E-state index contributed by atoms with van der Waals surface area (Å²) in [4.78, 5) is 9.10. The zero-order chi connectivity index (χ0) is 12.0. The lowest BCUT2D eigenvalue weighted by Crippen LogP contribution is -2.45. The number of hydrogen-bond acceptors (Lipinski definition) is 3. The molecule has 1 unspecified atom stereocenters. The van der Waals surface area contributed by atoms with Crippen molar-refractivity contribution >= 4 is 5.96 Å². The second-order valence-corrected chi connectivity index (χ2v) is 4.05. The van der Waals surface area contributed by atoms with Crippen molar-refractivity contribution in [2.24, 2.45) is 10.8 Å². The van der Waals surface area contributed by atoms with Gasteiger partial charge in [-0.25, -0.2) is 5.84 Å². The highest BCUT2D eigenvalue weighted by Gasteiger charge is 2.27. The molecule has 0 aromatic heterocycles. The first-order chi connectivity index (χ1) is 7.76. The minimum absolute atomic E-state index is 0.644. The number of guanidine groups is 1. The van der Waals surface area contributed by atoms with Gasteiger partial charge in [0.1, 0.15) is 0 Å². The summed E-state index contributed by atoms with van der Waals surface area (Å²) in [5.41, 5.74) is 2.70. The highest BCUT2D eigenvalue weighted by atomic mass is 15.4. The fourth-order valence-electron chi connectivity index (χ4n) is 2.36. The zero-order valence-electron chi connectivity index (χ0n) is 10.7. The van der Waals surface area contributed by atoms with E-state index in [2.05, 4.69) is 34.1 Å². The smallest absolute Gasteiger partial charge is 0.208 e. The van der Waals surface area contributed by atoms with Gasteiger partial charge in [0.2, 0.25) is 5.96 Å². The number of nitrogens with two attached hydrogens (primary N) is 1. The Morgan fingerprint density at radius 2 is 2.12 bits per heavy atom. The molecule has 3 N–H and O–H groups in total. The Labute approximate surface area is 98.7 Å². The highest BCUT2D eigenvalue weighted by Crippen LogP contribution is 2.15. The molecule has 1 atom stereocenters. The molecule has 0 spiro atoms. The molecule has 0 radical (unpaired) electrons. The van der Waals surface area contributed by atoms with Crippen LogP contribution in [-0.2, 0) is 0 Å². The second-order valence-electron chi connectivity index (χ2n) is 4.05. The lowest BCUT2D eigenvalue weighted by atomic mass is 10.2. The van der Waals surface area contributed by atoms with Crippen molar-refractivity contribution < 1.29 is 0 Å². The van der Waals surface area contributed by atoms with Crippen molar-refractivity contribution in [3.8, 4) is 0 Å². The van der Waals surface area contributed by atoms with Crippen molar-refractivity contribution in [2.75, 3.05) is 32.7 Å². The van der Waals surface area contributed by atoms with E-state index in [0.717, 1.165) is 38.7 Å². The summed E-state index contributed by atoms with van der Waals surface area (Å²) in [6.07, 6.45) is 1.20. The van der Waals surface area contributed by atoms with Crippen LogP contribution in [0.25, 0.3) is 0 Å². The number of likely N-dealkylation sites (N-methyl/N-ethyl adjacent to an activating group) is 1. The molecule has 16 heavy (non-hydrogen) atoms. The van der Waals surface area contributed by atoms with E-state index in [1.807, 2.05) is 6.92 Å². The Morgan fingerprint density at radius 1 is 1.44 bits per heavy atom. The third-order valence-electron chi connectivity index (χ3n) is 3.23. The molecular formula is C11H25N5. The van der Waals surface area contributed by atoms with E-state index in [1.165, 1.54) is 6.42 Å². The molecule has 0 aromatic carbocycles. The Balaban J connectivity index is 2.54. The standard InChI is InChI=1S/C11H25N5/c1-4-13-11(14-12)16-8-7-10(9-16)15(5-2)6-3/h10H,4-9,12H2,1-3H3,(H,13,14). The van der Waals surface area contributed by atoms with Gasteiger partial charge in [-0.15, -0.1) is 0 Å². The summed E-state index contributed by atoms with van der Waals surface area (Å²) >= 11 is 0. The van der Waals surface area contributed by atoms with Crippen LogP contribution in [0.5, 0.6) is 0 Å². The first-order valence-corrected chi connectivity index (χ1v) is 6.26. The van der Waals surface area contributed by atoms with Gasteiger partial charge in [0.25, 0.3) is 0 Å². The summed E-state index contributed by atoms with van der Waals surface area (Å²) in [6, 6.07) is 0.644. The molecule has 0 saturated carbocycles. The third-order valence-corrected chi connectivity index (χ3v) is 3.23. The predicted octanol–water partition coefficient (Wildman–Crippen LogP) is 0.242. The van der Waals surface area contributed by atoms with Gasteiger partial charge in [0.15, 0.2) is 0 Å². The van der Waals surface area contributed by atoms with Gasteiger partial charge in [-0.2, -0.15) is 0 Å². The van der Waals surface area contributed by atoms with E-state index in [0.29, 0.717) is 6.04 Å². The monoisotopic (exact) mass is 227 g/mol. The van der Waals surface area contributed by atoms with E-state index < -0.39 is 0 Å². The van der Waals surface area contributed by atoms with E-state index in [4.69, 9.17) is 5.84 Å². The van der Waals surface area contributed by atoms with Gasteiger partial charge < -0.3 is 4.90 Å². The zero-order valence-corrected chi connectivity index (χ0v) is 10.7. The molecule has 1 aliphatic rings. The maximum absolute atomic E-state index is 5.49. The normalized spacial score (nSPS) is 21.9. The van der Waals surface area contributed by atoms with Crippen molar-refractivity contribution in [2.45, 2.75) is 33.2 Å². The number of hydrazine groups is 1. The van der Waals surface area contributed by atoms with Gasteiger partial charge >= 0.3 is 0 Å². The summed E-state index contributed by atoms with van der Waals surface area (Å²) in [6.45, 7) is 11.5. The molecule has 0 amide bonds. The maximum atomic E-state index is 5.49. The SMILES string of the molecule is CCN=C(NN)N1CCC(N(CC)CC)C1. The molecule has 5 nitrogen and oxygen atoms in total. The van der Waals surface area contributed by atoms with Crippen LogP contribution in [0.15, 0.2) is 4.99 Å². The summed E-state index contributed by atoms with van der Waals surface area (Å²) < 4.78 is 0. The van der Waals surface area contributed by atoms with E-state index in [9.17, 15) is 0 Å². The van der Waals surface area contributed by atoms with Gasteiger partial charge in [-0.3, -0.25) is 15.3 Å². The largest absolute Gasteiger partial charge is 0.340 e. The molecule has 94 valence electrons. The average molecular weight is 227 g/mol. The molecule has 0 bridgehead atoms. The number of hydrogen-bond donors (Lipinski definition) is 2. The Kier molecular flexibility index (Phi) is 5.55. The fourth-order valence-corrected chi connectivity index (χ4v) is 2.36. The van der Waals surface area contributed by atoms with Crippen LogP contribution >= 0.6 is 0 Å². The Hall–Kier alpha value is -0.810. The Morgan fingerprint density at radius 3 is 2.62 bits per heavy atom. The van der Waals surface area contributed by atoms with Gasteiger partial charge in [0.05, 0.1) is 0 Å². The number of nitrogens with zero attached hydrogens (tertiary/aromatic N) is 3. The average Bonchev–Trinajstić information content (AvgIpc) is 2.77. The third kappa shape index (κ3) is 3.09. The van der Waals surface area contributed by atoms with Crippen LogP contribution in [0.4, 0.5) is 0 Å². The van der Waals surface area contributed by atoms with Gasteiger partial charge in [-0.05, 0) is 26.4 Å². The van der Waals surface area contributed by atoms with Crippen molar-refractivity contribution in [1.82, 2.24) is 15.2 Å². The van der Waals surface area contributed by atoms with Gasteiger partial charge in [0, 0.05) is 25.7 Å². The van der Waals surface area contributed by atoms with Crippen LogP contribution in [-0.4, -0.2) is 54.5 Å². The van der Waals surface area contributed by atoms with Crippen LogP contribution in [0, 0.1) is 0 Å². The minimum atomic E-state index is 0.644. The van der Waals surface area contributed by atoms with Crippen LogP contribution < -0.4 is 11.3 Å². The van der Waals surface area contributed by atoms with Crippen molar-refractivity contribution in [1.29, 1.82) is 0 Å². The molecule has 1 aliphatic heterocycles. The molecule has 0 aliphatic carbocycles. The molecule has 1 saturated heterocycles. The highest BCUT2D eigenvalue weighted by molar-refractivity contribution is 5.79. The lowest BCUT2D eigenvalue weighted by molar-refractivity contribution is 0.223. The predicted molar refractivity (Wildman–Crippen MR) is 68.2 cm³/mol. The van der Waals surface area contributed by atoms with Crippen LogP contribution in [0.2, 0.25) is 0 Å². The van der Waals surface area contributed by atoms with Crippen molar-refractivity contribution in [3.63, 3.8) is 0 Å². The fraction of sp³-hybridized carbons (Fsp3) is 0.909. The first kappa shape index (κ1) is 13.3. The number of likely N-dealkylation sites (tertiary alicyclic amines) is 1. The van der Waals surface area contributed by atoms with E-state index in [1.54, 1.807) is 0 Å². The lowest BCUT2D eigenvalue weighted by Gasteiger charge is -2.26. The summed E-state index contributed by atoms with van der Waals surface area (Å²) in [5, 5.41) is 0. The molecule has 5 heteroatoms. The first-order valence-electron chi connectivity index (χ1n) is 6.26. The quantitative estimate of drug-likeness (QED) is 0.313. The molecule has 0 aromatic rings. The topological polar surface area (TPSA) is 56.9 Å². The van der Waals surface area contributed by atoms with E-state index >= 15 is 0 Å². The number of rotatable bonds is 4. The summed E-state index contributed by atoms with van der Waals surface area (Å²) in [5.74, 6) is 6.32. The van der Waals surface area contributed by atoms with Gasteiger partial charge in [-0.1, -0.05) is 13.8 Å². The van der Waals surface area contributed by atoms with Crippen molar-refractivity contribution in [3.05, 3.63) is 0 Å². The Bertz CT molecular complexity index is 224.